The van der Waals surface area contributed by atoms with Gasteiger partial charge in [-0.3, -0.25) is 4.57 Å². The molecule has 17 heavy (non-hydrogen) atoms. The number of rotatable bonds is 2. The molecule has 1 aromatic rings. The van der Waals surface area contributed by atoms with E-state index in [-0.39, 0.29) is 18.3 Å². The van der Waals surface area contributed by atoms with Gasteiger partial charge in [0.15, 0.2) is 0 Å². The van der Waals surface area contributed by atoms with Crippen molar-refractivity contribution in [1.82, 2.24) is 9.55 Å². The number of nitrogen functional groups attached to an aromatic ring is 1. The lowest BCUT2D eigenvalue weighted by molar-refractivity contribution is -0.0476. The van der Waals surface area contributed by atoms with Crippen LogP contribution in [-0.4, -0.2) is 38.6 Å². The first kappa shape index (κ1) is 12.0. The highest BCUT2D eigenvalue weighted by Crippen LogP contribution is 2.33. The van der Waals surface area contributed by atoms with Crippen LogP contribution in [0.25, 0.3) is 0 Å². The fraction of sp³-hybridized carbons (Fsp3) is 0.600. The molecule has 0 aliphatic carbocycles. The van der Waals surface area contributed by atoms with E-state index in [2.05, 4.69) is 4.98 Å². The Hall–Kier alpha value is -1.44. The van der Waals surface area contributed by atoms with Gasteiger partial charge in [0.2, 0.25) is 0 Å². The first-order valence-electron chi connectivity index (χ1n) is 5.33. The number of aliphatic hydroxyl groups excluding tert-OH is 2. The standard InChI is InChI=1S/C10H15N3O4/c1-5-8(15)6(4-14)17-9(5)13-3-2-7(11)12-10(13)16/h2-3,5-6,8-9,14-15H,4H2,1H3,(H2,11,12,16)/t5?,6-,8?,9-/m0/s1. The molecule has 94 valence electrons. The van der Waals surface area contributed by atoms with Gasteiger partial charge in [-0.25, -0.2) is 4.79 Å². The lowest BCUT2D eigenvalue weighted by Crippen LogP contribution is -2.30. The van der Waals surface area contributed by atoms with Crippen LogP contribution < -0.4 is 11.4 Å². The molecule has 1 aliphatic rings. The third-order valence-corrected chi connectivity index (χ3v) is 2.99. The Morgan fingerprint density at radius 3 is 2.88 bits per heavy atom. The molecule has 1 aromatic heterocycles. The van der Waals surface area contributed by atoms with Gasteiger partial charge in [0.05, 0.1) is 12.7 Å². The molecule has 0 spiro atoms. The van der Waals surface area contributed by atoms with Crippen molar-refractivity contribution >= 4 is 5.82 Å². The van der Waals surface area contributed by atoms with E-state index in [1.165, 1.54) is 16.8 Å². The van der Waals surface area contributed by atoms with Crippen molar-refractivity contribution in [2.45, 2.75) is 25.4 Å². The lowest BCUT2D eigenvalue weighted by Gasteiger charge is -2.17. The van der Waals surface area contributed by atoms with Crippen LogP contribution in [0.3, 0.4) is 0 Å². The van der Waals surface area contributed by atoms with Gasteiger partial charge in [-0.2, -0.15) is 4.98 Å². The molecule has 0 radical (unpaired) electrons. The van der Waals surface area contributed by atoms with Gasteiger partial charge in [0.1, 0.15) is 18.1 Å². The molecule has 4 N–H and O–H groups in total. The average Bonchev–Trinajstić information content (AvgIpc) is 2.57. The van der Waals surface area contributed by atoms with Gasteiger partial charge in [0, 0.05) is 12.1 Å². The molecule has 0 saturated carbocycles. The van der Waals surface area contributed by atoms with Gasteiger partial charge in [0.25, 0.3) is 0 Å². The zero-order valence-electron chi connectivity index (χ0n) is 9.35. The molecule has 4 atom stereocenters. The third-order valence-electron chi connectivity index (χ3n) is 2.99. The SMILES string of the molecule is CC1C(O)[C@H](CO)O[C@@H]1n1ccc(N)nc1=O. The van der Waals surface area contributed by atoms with E-state index in [1.54, 1.807) is 6.92 Å². The first-order valence-corrected chi connectivity index (χ1v) is 5.33. The summed E-state index contributed by atoms with van der Waals surface area (Å²) in [4.78, 5) is 15.2. The molecule has 2 unspecified atom stereocenters. The molecule has 2 rings (SSSR count). The maximum atomic E-state index is 11.6. The molecule has 7 nitrogen and oxygen atoms in total. The highest BCUT2D eigenvalue weighted by molar-refractivity contribution is 5.23. The number of aliphatic hydroxyl groups is 2. The summed E-state index contributed by atoms with van der Waals surface area (Å²) in [6, 6.07) is 1.48. The largest absolute Gasteiger partial charge is 0.394 e. The third kappa shape index (κ3) is 2.04. The van der Waals surface area contributed by atoms with Crippen molar-refractivity contribution in [3.05, 3.63) is 22.7 Å². The molecule has 0 aromatic carbocycles. The van der Waals surface area contributed by atoms with E-state index in [0.29, 0.717) is 0 Å². The van der Waals surface area contributed by atoms with Crippen molar-refractivity contribution < 1.29 is 14.9 Å². The van der Waals surface area contributed by atoms with Crippen molar-refractivity contribution in [2.24, 2.45) is 5.92 Å². The quantitative estimate of drug-likeness (QED) is 0.594. The van der Waals surface area contributed by atoms with Gasteiger partial charge < -0.3 is 20.7 Å². The molecule has 7 heteroatoms. The van der Waals surface area contributed by atoms with Crippen molar-refractivity contribution in [1.29, 1.82) is 0 Å². The Labute approximate surface area is 97.5 Å². The number of aromatic nitrogens is 2. The monoisotopic (exact) mass is 241 g/mol. The van der Waals surface area contributed by atoms with Gasteiger partial charge in [-0.15, -0.1) is 0 Å². The van der Waals surface area contributed by atoms with Gasteiger partial charge in [-0.05, 0) is 6.07 Å². The predicted molar refractivity (Wildman–Crippen MR) is 59.1 cm³/mol. The number of ether oxygens (including phenoxy) is 1. The summed E-state index contributed by atoms with van der Waals surface area (Å²) in [6.45, 7) is 1.45. The van der Waals surface area contributed by atoms with E-state index in [9.17, 15) is 9.90 Å². The minimum absolute atomic E-state index is 0.135. The zero-order valence-corrected chi connectivity index (χ0v) is 9.35. The Morgan fingerprint density at radius 2 is 2.35 bits per heavy atom. The fourth-order valence-corrected chi connectivity index (χ4v) is 1.98. The predicted octanol–water partition coefficient (Wildman–Crippen LogP) is -1.29. The highest BCUT2D eigenvalue weighted by Gasteiger charge is 2.41. The topological polar surface area (TPSA) is 111 Å². The van der Waals surface area contributed by atoms with Crippen LogP contribution in [0.15, 0.2) is 17.1 Å². The van der Waals surface area contributed by atoms with Gasteiger partial charge >= 0.3 is 5.69 Å². The summed E-state index contributed by atoms with van der Waals surface area (Å²) < 4.78 is 6.69. The van der Waals surface area contributed by atoms with Crippen LogP contribution in [0, 0.1) is 5.92 Å². The second-order valence-corrected chi connectivity index (χ2v) is 4.14. The molecule has 1 saturated heterocycles. The number of hydrogen-bond donors (Lipinski definition) is 3. The van der Waals surface area contributed by atoms with Crippen molar-refractivity contribution in [2.75, 3.05) is 12.3 Å². The molecular formula is C10H15N3O4. The van der Waals surface area contributed by atoms with E-state index >= 15 is 0 Å². The summed E-state index contributed by atoms with van der Waals surface area (Å²) in [6.07, 6.45) is -0.658. The molecular weight excluding hydrogens is 226 g/mol. The van der Waals surface area contributed by atoms with Crippen LogP contribution in [0.4, 0.5) is 5.82 Å². The van der Waals surface area contributed by atoms with Crippen LogP contribution >= 0.6 is 0 Å². The number of hydrogen-bond acceptors (Lipinski definition) is 6. The van der Waals surface area contributed by atoms with E-state index in [4.69, 9.17) is 15.6 Å². The van der Waals surface area contributed by atoms with E-state index < -0.39 is 24.1 Å². The first-order chi connectivity index (χ1) is 8.04. The van der Waals surface area contributed by atoms with Crippen LogP contribution in [-0.2, 0) is 4.74 Å². The number of nitrogens with zero attached hydrogens (tertiary/aromatic N) is 2. The summed E-state index contributed by atoms with van der Waals surface area (Å²) in [7, 11) is 0. The minimum atomic E-state index is -0.811. The Balaban J connectivity index is 2.32. The summed E-state index contributed by atoms with van der Waals surface area (Å²) >= 11 is 0. The molecule has 0 bridgehead atoms. The lowest BCUT2D eigenvalue weighted by atomic mass is 10.0. The highest BCUT2D eigenvalue weighted by atomic mass is 16.5. The van der Waals surface area contributed by atoms with Crippen molar-refractivity contribution in [3.63, 3.8) is 0 Å². The second-order valence-electron chi connectivity index (χ2n) is 4.14. The average molecular weight is 241 g/mol. The molecule has 2 heterocycles. The van der Waals surface area contributed by atoms with E-state index in [0.717, 1.165) is 0 Å². The van der Waals surface area contributed by atoms with Crippen LogP contribution in [0.1, 0.15) is 13.2 Å². The van der Waals surface area contributed by atoms with E-state index in [1.807, 2.05) is 0 Å². The molecule has 1 aliphatic heterocycles. The Morgan fingerprint density at radius 1 is 1.65 bits per heavy atom. The maximum Gasteiger partial charge on any atom is 0.351 e. The zero-order chi connectivity index (χ0) is 12.6. The molecule has 0 amide bonds. The maximum absolute atomic E-state index is 11.6. The molecule has 1 fully saturated rings. The second kappa shape index (κ2) is 4.44. The minimum Gasteiger partial charge on any atom is -0.394 e. The van der Waals surface area contributed by atoms with Crippen LogP contribution in [0.5, 0.6) is 0 Å². The summed E-state index contributed by atoms with van der Waals surface area (Å²) in [5, 5.41) is 18.8. The summed E-state index contributed by atoms with van der Waals surface area (Å²) in [5.74, 6) is -0.175. The fourth-order valence-electron chi connectivity index (χ4n) is 1.98. The Bertz CT molecular complexity index is 461. The normalized spacial score (nSPS) is 32.9. The summed E-state index contributed by atoms with van der Waals surface area (Å²) in [5.41, 5.74) is 4.85. The van der Waals surface area contributed by atoms with Gasteiger partial charge in [-0.1, -0.05) is 6.92 Å². The smallest absolute Gasteiger partial charge is 0.351 e. The Kier molecular flexibility index (Phi) is 3.14. The number of nitrogens with two attached hydrogens (primary N) is 1. The van der Waals surface area contributed by atoms with Crippen molar-refractivity contribution in [3.8, 4) is 0 Å². The van der Waals surface area contributed by atoms with Crippen LogP contribution in [0.2, 0.25) is 0 Å². The number of anilines is 1.